The van der Waals surface area contributed by atoms with E-state index in [-0.39, 0.29) is 12.5 Å². The highest BCUT2D eigenvalue weighted by Crippen LogP contribution is 2.33. The van der Waals surface area contributed by atoms with E-state index in [1.54, 1.807) is 0 Å². The molecule has 0 unspecified atom stereocenters. The fraction of sp³-hybridized carbons (Fsp3) is 0.292. The van der Waals surface area contributed by atoms with Gasteiger partial charge < -0.3 is 10.1 Å². The van der Waals surface area contributed by atoms with Crippen LogP contribution in [0.1, 0.15) is 43.6 Å². The van der Waals surface area contributed by atoms with Crippen molar-refractivity contribution in [1.29, 1.82) is 0 Å². The first kappa shape index (κ1) is 17.6. The number of rotatable bonds is 5. The minimum Gasteiger partial charge on any atom is -0.484 e. The maximum atomic E-state index is 12.2. The molecule has 3 nitrogen and oxygen atoms in total. The van der Waals surface area contributed by atoms with Crippen LogP contribution in [0.15, 0.2) is 66.7 Å². The molecule has 0 aliphatic heterocycles. The Hall–Kier alpha value is -2.81. The largest absolute Gasteiger partial charge is 0.484 e. The molecule has 3 aromatic carbocycles. The van der Waals surface area contributed by atoms with Crippen LogP contribution in [-0.2, 0) is 4.79 Å². The van der Waals surface area contributed by atoms with Crippen LogP contribution in [0.3, 0.4) is 0 Å². The second-order valence-corrected chi connectivity index (χ2v) is 7.30. The zero-order valence-corrected chi connectivity index (χ0v) is 15.5. The lowest BCUT2D eigenvalue weighted by Gasteiger charge is -2.22. The summed E-state index contributed by atoms with van der Waals surface area (Å²) in [5, 5.41) is 5.17. The Balaban J connectivity index is 1.31. The Bertz CT molecular complexity index is 911. The molecule has 0 heterocycles. The first-order valence-corrected chi connectivity index (χ1v) is 9.79. The molecular formula is C24H25NO2. The summed E-state index contributed by atoms with van der Waals surface area (Å²) in [6.07, 6.45) is 6.60. The maximum Gasteiger partial charge on any atom is 0.262 e. The Morgan fingerprint density at radius 3 is 2.41 bits per heavy atom. The quantitative estimate of drug-likeness (QED) is 0.615. The van der Waals surface area contributed by atoms with Crippen molar-refractivity contribution >= 4 is 22.4 Å². The molecule has 3 aromatic rings. The molecule has 1 fully saturated rings. The molecule has 0 radical (unpaired) electrons. The summed E-state index contributed by atoms with van der Waals surface area (Å²) in [5.74, 6) is 1.27. The molecule has 0 saturated heterocycles. The summed E-state index contributed by atoms with van der Waals surface area (Å²) in [6.45, 7) is 0.00953. The summed E-state index contributed by atoms with van der Waals surface area (Å²) in [5.41, 5.74) is 2.18. The van der Waals surface area contributed by atoms with Gasteiger partial charge in [0, 0.05) is 5.69 Å². The number of carbonyl (C=O) groups excluding carboxylic acids is 1. The fourth-order valence-electron chi connectivity index (χ4n) is 3.89. The van der Waals surface area contributed by atoms with Gasteiger partial charge in [0.15, 0.2) is 6.61 Å². The molecule has 1 aliphatic carbocycles. The number of benzene rings is 3. The Morgan fingerprint density at radius 2 is 1.63 bits per heavy atom. The maximum absolute atomic E-state index is 12.2. The number of nitrogens with one attached hydrogen (secondary N) is 1. The van der Waals surface area contributed by atoms with Crippen LogP contribution in [0.2, 0.25) is 0 Å². The number of hydrogen-bond acceptors (Lipinski definition) is 2. The number of fused-ring (bicyclic) bond motifs is 1. The molecule has 0 aromatic heterocycles. The lowest BCUT2D eigenvalue weighted by Crippen LogP contribution is -2.20. The molecule has 0 bridgehead atoms. The normalized spacial score (nSPS) is 14.8. The lowest BCUT2D eigenvalue weighted by molar-refractivity contribution is -0.118. The number of ether oxygens (including phenoxy) is 1. The average molecular weight is 359 g/mol. The van der Waals surface area contributed by atoms with Gasteiger partial charge in [0.05, 0.1) is 0 Å². The van der Waals surface area contributed by atoms with Crippen LogP contribution in [0.5, 0.6) is 5.75 Å². The van der Waals surface area contributed by atoms with E-state index < -0.39 is 0 Å². The molecule has 27 heavy (non-hydrogen) atoms. The van der Waals surface area contributed by atoms with Gasteiger partial charge in [-0.25, -0.2) is 0 Å². The molecule has 4 rings (SSSR count). The minimum absolute atomic E-state index is 0.00953. The minimum atomic E-state index is -0.151. The van der Waals surface area contributed by atoms with Gasteiger partial charge in [-0.2, -0.15) is 0 Å². The van der Waals surface area contributed by atoms with Crippen LogP contribution in [0.4, 0.5) is 5.69 Å². The third kappa shape index (κ3) is 4.48. The Labute approximate surface area is 160 Å². The van der Waals surface area contributed by atoms with Crippen LogP contribution in [0, 0.1) is 0 Å². The SMILES string of the molecule is O=C(COc1ccc(C2CCCCC2)cc1)Nc1ccc2ccccc2c1. The zero-order valence-electron chi connectivity index (χ0n) is 15.5. The van der Waals surface area contributed by atoms with E-state index >= 15 is 0 Å². The van der Waals surface area contributed by atoms with Crippen LogP contribution >= 0.6 is 0 Å². The first-order chi connectivity index (χ1) is 13.3. The predicted molar refractivity (Wildman–Crippen MR) is 110 cm³/mol. The molecule has 138 valence electrons. The zero-order chi connectivity index (χ0) is 18.5. The summed E-state index contributed by atoms with van der Waals surface area (Å²) in [7, 11) is 0. The number of hydrogen-bond donors (Lipinski definition) is 1. The van der Waals surface area contributed by atoms with E-state index in [1.807, 2.05) is 48.5 Å². The number of carbonyl (C=O) groups is 1. The smallest absolute Gasteiger partial charge is 0.262 e. The topological polar surface area (TPSA) is 38.3 Å². The van der Waals surface area contributed by atoms with E-state index in [1.165, 1.54) is 37.7 Å². The molecule has 0 atom stereocenters. The van der Waals surface area contributed by atoms with E-state index in [2.05, 4.69) is 23.5 Å². The van der Waals surface area contributed by atoms with E-state index in [9.17, 15) is 4.79 Å². The van der Waals surface area contributed by atoms with Crippen molar-refractivity contribution in [3.63, 3.8) is 0 Å². The van der Waals surface area contributed by atoms with Crippen molar-refractivity contribution in [1.82, 2.24) is 0 Å². The van der Waals surface area contributed by atoms with Crippen LogP contribution in [-0.4, -0.2) is 12.5 Å². The number of amides is 1. The van der Waals surface area contributed by atoms with Gasteiger partial charge in [0.25, 0.3) is 5.91 Å². The van der Waals surface area contributed by atoms with Crippen molar-refractivity contribution in [3.05, 3.63) is 72.3 Å². The fourth-order valence-corrected chi connectivity index (χ4v) is 3.89. The van der Waals surface area contributed by atoms with Crippen LogP contribution in [0.25, 0.3) is 10.8 Å². The van der Waals surface area contributed by atoms with Crippen molar-refractivity contribution in [2.24, 2.45) is 0 Å². The van der Waals surface area contributed by atoms with Crippen molar-refractivity contribution < 1.29 is 9.53 Å². The van der Waals surface area contributed by atoms with Crippen molar-refractivity contribution in [3.8, 4) is 5.75 Å². The van der Waals surface area contributed by atoms with Gasteiger partial charge in [0.1, 0.15) is 5.75 Å². The Kier molecular flexibility index (Phi) is 5.38. The third-order valence-electron chi connectivity index (χ3n) is 5.36. The number of anilines is 1. The molecular weight excluding hydrogens is 334 g/mol. The van der Waals surface area contributed by atoms with E-state index in [4.69, 9.17) is 4.74 Å². The van der Waals surface area contributed by atoms with Crippen molar-refractivity contribution in [2.75, 3.05) is 11.9 Å². The standard InChI is InChI=1S/C24H25NO2/c26-24(25-22-13-10-19-8-4-5-9-21(19)16-22)17-27-23-14-11-20(12-15-23)18-6-2-1-3-7-18/h4-5,8-16,18H,1-3,6-7,17H2,(H,25,26). The molecule has 3 heteroatoms. The molecule has 1 saturated carbocycles. The summed E-state index contributed by atoms with van der Waals surface area (Å²) >= 11 is 0. The average Bonchev–Trinajstić information content (AvgIpc) is 2.73. The van der Waals surface area contributed by atoms with Gasteiger partial charge in [-0.15, -0.1) is 0 Å². The highest BCUT2D eigenvalue weighted by Gasteiger charge is 2.15. The lowest BCUT2D eigenvalue weighted by atomic mass is 9.84. The van der Waals surface area contributed by atoms with Gasteiger partial charge in [-0.1, -0.05) is 61.7 Å². The van der Waals surface area contributed by atoms with Gasteiger partial charge in [-0.05, 0) is 59.4 Å². The van der Waals surface area contributed by atoms with Gasteiger partial charge in [-0.3, -0.25) is 4.79 Å². The molecule has 1 N–H and O–H groups in total. The van der Waals surface area contributed by atoms with E-state index in [0.717, 1.165) is 22.2 Å². The summed E-state index contributed by atoms with van der Waals surface area (Å²) in [6, 6.07) is 22.2. The second-order valence-electron chi connectivity index (χ2n) is 7.30. The molecule has 1 aliphatic rings. The van der Waals surface area contributed by atoms with Crippen LogP contribution < -0.4 is 10.1 Å². The summed E-state index contributed by atoms with van der Waals surface area (Å²) < 4.78 is 5.66. The molecule has 1 amide bonds. The van der Waals surface area contributed by atoms with Gasteiger partial charge >= 0.3 is 0 Å². The third-order valence-corrected chi connectivity index (χ3v) is 5.36. The van der Waals surface area contributed by atoms with E-state index in [0.29, 0.717) is 5.92 Å². The first-order valence-electron chi connectivity index (χ1n) is 9.79. The highest BCUT2D eigenvalue weighted by atomic mass is 16.5. The monoisotopic (exact) mass is 359 g/mol. The second kappa shape index (κ2) is 8.26. The Morgan fingerprint density at radius 1 is 0.889 bits per heavy atom. The predicted octanol–water partition coefficient (Wildman–Crippen LogP) is 5.91. The highest BCUT2D eigenvalue weighted by molar-refractivity contribution is 5.95. The van der Waals surface area contributed by atoms with Crippen molar-refractivity contribution in [2.45, 2.75) is 38.0 Å². The summed E-state index contributed by atoms with van der Waals surface area (Å²) in [4.78, 5) is 12.2. The van der Waals surface area contributed by atoms with Gasteiger partial charge in [0.2, 0.25) is 0 Å². The molecule has 0 spiro atoms.